The Bertz CT molecular complexity index is 719. The largest absolute Gasteiger partial charge is 0.477 e. The van der Waals surface area contributed by atoms with E-state index in [0.29, 0.717) is 6.42 Å². The van der Waals surface area contributed by atoms with Gasteiger partial charge in [-0.15, -0.1) is 11.8 Å². The molecule has 1 fully saturated rings. The molecule has 1 amide bonds. The molecule has 2 aliphatic rings. The molecule has 0 saturated carbocycles. The van der Waals surface area contributed by atoms with Gasteiger partial charge in [-0.05, 0) is 19.1 Å². The molecule has 0 aliphatic carbocycles. The highest BCUT2D eigenvalue weighted by molar-refractivity contribution is 8.03. The summed E-state index contributed by atoms with van der Waals surface area (Å²) in [6.07, 6.45) is 1.68. The van der Waals surface area contributed by atoms with Crippen LogP contribution in [0, 0.1) is 11.8 Å². The molecular formula is C18H22N2O4S. The van der Waals surface area contributed by atoms with Crippen molar-refractivity contribution in [1.82, 2.24) is 9.88 Å². The van der Waals surface area contributed by atoms with Crippen LogP contribution >= 0.6 is 11.8 Å². The number of β-lactam (4-membered cyclic amide) rings is 1. The third-order valence-corrected chi connectivity index (χ3v) is 6.25. The number of aliphatic hydroxyl groups excluding tert-OH is 1. The lowest BCUT2D eigenvalue weighted by atomic mass is 9.79. The summed E-state index contributed by atoms with van der Waals surface area (Å²) in [4.78, 5) is 30.5. The maximum Gasteiger partial charge on any atom is 0.353 e. The highest BCUT2D eigenvalue weighted by atomic mass is 32.2. The van der Waals surface area contributed by atoms with E-state index in [1.54, 1.807) is 13.1 Å². The second kappa shape index (κ2) is 6.80. The lowest BCUT2D eigenvalue weighted by Crippen LogP contribution is -2.63. The monoisotopic (exact) mass is 362 g/mol. The van der Waals surface area contributed by atoms with Crippen LogP contribution < -0.4 is 0 Å². The van der Waals surface area contributed by atoms with Gasteiger partial charge >= 0.3 is 5.97 Å². The molecular weight excluding hydrogens is 340 g/mol. The molecule has 3 heterocycles. The van der Waals surface area contributed by atoms with Crippen LogP contribution in [0.1, 0.15) is 26.5 Å². The first-order chi connectivity index (χ1) is 11.8. The van der Waals surface area contributed by atoms with Crippen LogP contribution in [0.2, 0.25) is 0 Å². The van der Waals surface area contributed by atoms with Crippen molar-refractivity contribution >= 4 is 23.6 Å². The average molecular weight is 362 g/mol. The Balaban J connectivity index is 1.82. The summed E-state index contributed by atoms with van der Waals surface area (Å²) in [6, 6.07) is 5.47. The number of hydrogen-bond acceptors (Lipinski definition) is 5. The van der Waals surface area contributed by atoms with Crippen LogP contribution in [0.25, 0.3) is 0 Å². The molecule has 1 aromatic heterocycles. The second-order valence-corrected chi connectivity index (χ2v) is 8.21. The summed E-state index contributed by atoms with van der Waals surface area (Å²) in [5, 5.41) is 19.6. The van der Waals surface area contributed by atoms with Crippen LogP contribution in [0.4, 0.5) is 0 Å². The lowest BCUT2D eigenvalue weighted by Gasteiger charge is -2.46. The van der Waals surface area contributed by atoms with Crippen molar-refractivity contribution in [3.05, 3.63) is 40.7 Å². The predicted octanol–water partition coefficient (Wildman–Crippen LogP) is 1.90. The van der Waals surface area contributed by atoms with Gasteiger partial charge in [0, 0.05) is 34.4 Å². The SMILES string of the molecule is C[C@H](Cc1ccccn1)SC1=C(C(=O)O)N2C(=O)[C@H]([C@@H](C)O)[C@H]2[C@H]1C. The second-order valence-electron chi connectivity index (χ2n) is 6.73. The van der Waals surface area contributed by atoms with Gasteiger partial charge < -0.3 is 15.1 Å². The highest BCUT2D eigenvalue weighted by Gasteiger charge is 2.60. The van der Waals surface area contributed by atoms with E-state index in [1.807, 2.05) is 32.0 Å². The predicted molar refractivity (Wildman–Crippen MR) is 94.6 cm³/mol. The van der Waals surface area contributed by atoms with E-state index in [1.165, 1.54) is 16.7 Å². The molecule has 0 unspecified atom stereocenters. The number of rotatable bonds is 6. The molecule has 5 atom stereocenters. The third-order valence-electron chi connectivity index (χ3n) is 4.86. The molecule has 3 rings (SSSR count). The Morgan fingerprint density at radius 1 is 1.40 bits per heavy atom. The molecule has 0 spiro atoms. The fourth-order valence-corrected chi connectivity index (χ4v) is 5.09. The average Bonchev–Trinajstić information content (AvgIpc) is 2.77. The van der Waals surface area contributed by atoms with Crippen LogP contribution in [-0.2, 0) is 16.0 Å². The van der Waals surface area contributed by atoms with Crippen molar-refractivity contribution in [3.8, 4) is 0 Å². The minimum Gasteiger partial charge on any atom is -0.477 e. The van der Waals surface area contributed by atoms with Crippen LogP contribution in [-0.4, -0.2) is 49.4 Å². The van der Waals surface area contributed by atoms with Gasteiger partial charge in [0.1, 0.15) is 5.70 Å². The zero-order chi connectivity index (χ0) is 18.3. The highest BCUT2D eigenvalue weighted by Crippen LogP contribution is 2.51. The number of amides is 1. The number of thioether (sulfide) groups is 1. The van der Waals surface area contributed by atoms with Gasteiger partial charge in [0.25, 0.3) is 0 Å². The molecule has 2 aliphatic heterocycles. The van der Waals surface area contributed by atoms with Crippen LogP contribution in [0.3, 0.4) is 0 Å². The summed E-state index contributed by atoms with van der Waals surface area (Å²) >= 11 is 1.49. The standard InChI is InChI=1S/C18H22N2O4S/c1-9(8-12-6-4-5-7-19-12)25-16-10(2)14-13(11(3)21)17(22)20(14)15(16)18(23)24/h4-7,9-11,13-14,21H,8H2,1-3H3,(H,23,24)/t9-,10-,11-,13-,14-/m1/s1. The number of carboxylic acids is 1. The molecule has 2 N–H and O–H groups in total. The van der Waals surface area contributed by atoms with Crippen molar-refractivity contribution in [2.75, 3.05) is 0 Å². The molecule has 0 radical (unpaired) electrons. The number of hydrogen-bond donors (Lipinski definition) is 2. The summed E-state index contributed by atoms with van der Waals surface area (Å²) < 4.78 is 0. The van der Waals surface area contributed by atoms with Gasteiger partial charge in [0.2, 0.25) is 5.91 Å². The van der Waals surface area contributed by atoms with E-state index >= 15 is 0 Å². The van der Waals surface area contributed by atoms with Crippen molar-refractivity contribution in [1.29, 1.82) is 0 Å². The third kappa shape index (κ3) is 3.06. The molecule has 0 bridgehead atoms. The first-order valence-corrected chi connectivity index (χ1v) is 9.26. The molecule has 7 heteroatoms. The fraction of sp³-hybridized carbons (Fsp3) is 0.500. The van der Waals surface area contributed by atoms with E-state index in [0.717, 1.165) is 10.6 Å². The Morgan fingerprint density at radius 3 is 2.68 bits per heavy atom. The molecule has 25 heavy (non-hydrogen) atoms. The summed E-state index contributed by atoms with van der Waals surface area (Å²) in [5.41, 5.74) is 1.03. The molecule has 134 valence electrons. The zero-order valence-corrected chi connectivity index (χ0v) is 15.2. The molecule has 0 aromatic carbocycles. The number of fused-ring (bicyclic) bond motifs is 1. The number of carbonyl (C=O) groups is 2. The topological polar surface area (TPSA) is 90.7 Å². The number of nitrogens with zero attached hydrogens (tertiary/aromatic N) is 2. The molecule has 6 nitrogen and oxygen atoms in total. The molecule has 1 saturated heterocycles. The smallest absolute Gasteiger partial charge is 0.353 e. The van der Waals surface area contributed by atoms with Crippen molar-refractivity contribution in [2.24, 2.45) is 11.8 Å². The van der Waals surface area contributed by atoms with E-state index in [2.05, 4.69) is 4.98 Å². The first-order valence-electron chi connectivity index (χ1n) is 8.38. The number of pyridine rings is 1. The van der Waals surface area contributed by atoms with Crippen LogP contribution in [0.5, 0.6) is 0 Å². The zero-order valence-electron chi connectivity index (χ0n) is 14.4. The number of carbonyl (C=O) groups excluding carboxylic acids is 1. The maximum absolute atomic E-state index is 12.3. The van der Waals surface area contributed by atoms with Gasteiger partial charge in [0.05, 0.1) is 18.1 Å². The van der Waals surface area contributed by atoms with E-state index in [-0.39, 0.29) is 28.8 Å². The van der Waals surface area contributed by atoms with E-state index in [4.69, 9.17) is 0 Å². The number of aliphatic carboxylic acids is 1. The Kier molecular flexibility index (Phi) is 4.88. The van der Waals surface area contributed by atoms with Crippen molar-refractivity contribution in [2.45, 2.75) is 44.6 Å². The quantitative estimate of drug-likeness (QED) is 0.751. The number of aliphatic hydroxyl groups is 1. The maximum atomic E-state index is 12.3. The van der Waals surface area contributed by atoms with Gasteiger partial charge in [-0.2, -0.15) is 0 Å². The van der Waals surface area contributed by atoms with E-state index < -0.39 is 18.0 Å². The van der Waals surface area contributed by atoms with Crippen molar-refractivity contribution in [3.63, 3.8) is 0 Å². The summed E-state index contributed by atoms with van der Waals surface area (Å²) in [5.74, 6) is -2.00. The number of aromatic nitrogens is 1. The normalized spacial score (nSPS) is 27.8. The van der Waals surface area contributed by atoms with Gasteiger partial charge in [-0.1, -0.05) is 19.9 Å². The summed E-state index contributed by atoms with van der Waals surface area (Å²) in [7, 11) is 0. The van der Waals surface area contributed by atoms with Gasteiger partial charge in [-0.3, -0.25) is 9.78 Å². The molecule has 1 aromatic rings. The number of carboxylic acid groups (broad SMARTS) is 1. The Morgan fingerprint density at radius 2 is 2.12 bits per heavy atom. The van der Waals surface area contributed by atoms with Crippen LogP contribution in [0.15, 0.2) is 35.0 Å². The van der Waals surface area contributed by atoms with Gasteiger partial charge in [-0.25, -0.2) is 4.79 Å². The fourth-order valence-electron chi connectivity index (χ4n) is 3.75. The van der Waals surface area contributed by atoms with Gasteiger partial charge in [0.15, 0.2) is 0 Å². The Hall–Kier alpha value is -1.86. The minimum atomic E-state index is -1.08. The summed E-state index contributed by atoms with van der Waals surface area (Å²) in [6.45, 7) is 5.55. The first kappa shape index (κ1) is 17.9. The Labute approximate surface area is 150 Å². The van der Waals surface area contributed by atoms with Crippen molar-refractivity contribution < 1.29 is 19.8 Å². The van der Waals surface area contributed by atoms with E-state index in [9.17, 15) is 19.8 Å². The lowest BCUT2D eigenvalue weighted by molar-refractivity contribution is -0.163. The minimum absolute atomic E-state index is 0.0808.